The Morgan fingerprint density at radius 3 is 2.52 bits per heavy atom. The maximum Gasteiger partial charge on any atom is 0.271 e. The fraction of sp³-hybridized carbons (Fsp3) is 0.222. The van der Waals surface area contributed by atoms with Crippen LogP contribution in [0.25, 0.3) is 0 Å². The standard InChI is InChI=1S/C18H18BrN3O6S/c1-26-7-8-28-15-5-3-11(9-13(15)19)17(23)21-18(29)20-14-10-12(22(24)25)4-6-16(14)27-2/h3-6,9-10H,7-8H2,1-2H3,(H2,20,21,23,29). The van der Waals surface area contributed by atoms with Crippen molar-refractivity contribution in [2.24, 2.45) is 0 Å². The maximum atomic E-state index is 12.4. The van der Waals surface area contributed by atoms with Gasteiger partial charge in [0.25, 0.3) is 11.6 Å². The second-order valence-corrected chi connectivity index (χ2v) is 6.80. The molecule has 0 spiro atoms. The quantitative estimate of drug-likeness (QED) is 0.254. The first-order valence-electron chi connectivity index (χ1n) is 8.21. The van der Waals surface area contributed by atoms with E-state index in [9.17, 15) is 14.9 Å². The number of carbonyl (C=O) groups excluding carboxylic acids is 1. The van der Waals surface area contributed by atoms with Crippen LogP contribution < -0.4 is 20.1 Å². The van der Waals surface area contributed by atoms with Gasteiger partial charge in [0, 0.05) is 24.8 Å². The van der Waals surface area contributed by atoms with E-state index in [1.807, 2.05) is 0 Å². The number of halogens is 1. The summed E-state index contributed by atoms with van der Waals surface area (Å²) >= 11 is 8.49. The summed E-state index contributed by atoms with van der Waals surface area (Å²) in [6.45, 7) is 0.815. The molecule has 29 heavy (non-hydrogen) atoms. The van der Waals surface area contributed by atoms with E-state index < -0.39 is 10.8 Å². The molecule has 0 aromatic heterocycles. The molecule has 0 saturated carbocycles. The summed E-state index contributed by atoms with van der Waals surface area (Å²) in [6, 6.07) is 8.82. The van der Waals surface area contributed by atoms with Gasteiger partial charge in [0.15, 0.2) is 5.11 Å². The summed E-state index contributed by atoms with van der Waals surface area (Å²) in [7, 11) is 2.99. The van der Waals surface area contributed by atoms with Crippen LogP contribution in [0.2, 0.25) is 0 Å². The van der Waals surface area contributed by atoms with Gasteiger partial charge >= 0.3 is 0 Å². The summed E-state index contributed by atoms with van der Waals surface area (Å²) in [4.78, 5) is 22.9. The SMILES string of the molecule is COCCOc1ccc(C(=O)NC(=S)Nc2cc([N+](=O)[O-])ccc2OC)cc1Br. The molecule has 11 heteroatoms. The van der Waals surface area contributed by atoms with Gasteiger partial charge in [-0.15, -0.1) is 0 Å². The Morgan fingerprint density at radius 2 is 1.90 bits per heavy atom. The van der Waals surface area contributed by atoms with Gasteiger partial charge in [-0.2, -0.15) is 0 Å². The van der Waals surface area contributed by atoms with Crippen molar-refractivity contribution < 1.29 is 23.9 Å². The van der Waals surface area contributed by atoms with Crippen LogP contribution in [0.4, 0.5) is 11.4 Å². The lowest BCUT2D eigenvalue weighted by molar-refractivity contribution is -0.384. The molecule has 154 valence electrons. The third kappa shape index (κ3) is 6.38. The van der Waals surface area contributed by atoms with Gasteiger partial charge in [-0.3, -0.25) is 20.2 Å². The Bertz CT molecular complexity index is 924. The predicted octanol–water partition coefficient (Wildman–Crippen LogP) is 3.52. The highest BCUT2D eigenvalue weighted by Crippen LogP contribution is 2.29. The molecule has 0 radical (unpaired) electrons. The minimum Gasteiger partial charge on any atom is -0.495 e. The molecular formula is C18H18BrN3O6S. The van der Waals surface area contributed by atoms with Crippen LogP contribution in [-0.4, -0.2) is 43.4 Å². The molecule has 2 rings (SSSR count). The van der Waals surface area contributed by atoms with E-state index in [1.54, 1.807) is 25.3 Å². The van der Waals surface area contributed by atoms with Gasteiger partial charge in [-0.05, 0) is 52.4 Å². The van der Waals surface area contributed by atoms with E-state index in [4.69, 9.17) is 26.4 Å². The second kappa shape index (κ2) is 10.7. The highest BCUT2D eigenvalue weighted by molar-refractivity contribution is 9.10. The molecule has 0 atom stereocenters. The van der Waals surface area contributed by atoms with Crippen molar-refractivity contribution >= 4 is 50.5 Å². The lowest BCUT2D eigenvalue weighted by atomic mass is 10.2. The van der Waals surface area contributed by atoms with Crippen LogP contribution >= 0.6 is 28.1 Å². The van der Waals surface area contributed by atoms with E-state index >= 15 is 0 Å². The highest BCUT2D eigenvalue weighted by atomic mass is 79.9. The number of nitro groups is 1. The molecule has 2 aromatic carbocycles. The summed E-state index contributed by atoms with van der Waals surface area (Å²) < 4.78 is 16.2. The molecule has 0 aliphatic carbocycles. The first kappa shape index (κ1) is 22.5. The third-order valence-electron chi connectivity index (χ3n) is 3.61. The monoisotopic (exact) mass is 483 g/mol. The Kier molecular flexibility index (Phi) is 8.31. The molecule has 0 bridgehead atoms. The second-order valence-electron chi connectivity index (χ2n) is 5.54. The van der Waals surface area contributed by atoms with Gasteiger partial charge in [0.1, 0.15) is 18.1 Å². The number of methoxy groups -OCH3 is 2. The normalized spacial score (nSPS) is 10.2. The lowest BCUT2D eigenvalue weighted by Gasteiger charge is -2.13. The molecule has 0 heterocycles. The van der Waals surface area contributed by atoms with Gasteiger partial charge in [0.05, 0.1) is 28.8 Å². The van der Waals surface area contributed by atoms with Crippen molar-refractivity contribution in [1.82, 2.24) is 5.32 Å². The summed E-state index contributed by atoms with van der Waals surface area (Å²) in [6.07, 6.45) is 0. The predicted molar refractivity (Wildman–Crippen MR) is 115 cm³/mol. The Hall–Kier alpha value is -2.76. The molecular weight excluding hydrogens is 466 g/mol. The number of hydrogen-bond donors (Lipinski definition) is 2. The fourth-order valence-electron chi connectivity index (χ4n) is 2.23. The minimum atomic E-state index is -0.542. The van der Waals surface area contributed by atoms with Crippen molar-refractivity contribution in [3.63, 3.8) is 0 Å². The average molecular weight is 484 g/mol. The number of nitrogens with zero attached hydrogens (tertiary/aromatic N) is 1. The highest BCUT2D eigenvalue weighted by Gasteiger charge is 2.15. The van der Waals surface area contributed by atoms with Crippen molar-refractivity contribution in [2.45, 2.75) is 0 Å². The third-order valence-corrected chi connectivity index (χ3v) is 4.43. The number of nitro benzene ring substituents is 1. The van der Waals surface area contributed by atoms with Crippen molar-refractivity contribution in [1.29, 1.82) is 0 Å². The van der Waals surface area contributed by atoms with Crippen LogP contribution in [0, 0.1) is 10.1 Å². The van der Waals surface area contributed by atoms with Crippen LogP contribution in [0.3, 0.4) is 0 Å². The number of rotatable bonds is 8. The van der Waals surface area contributed by atoms with Gasteiger partial charge in [-0.25, -0.2) is 0 Å². The molecule has 2 aromatic rings. The van der Waals surface area contributed by atoms with E-state index in [2.05, 4.69) is 26.6 Å². The first-order chi connectivity index (χ1) is 13.8. The number of hydrogen-bond acceptors (Lipinski definition) is 7. The van der Waals surface area contributed by atoms with Gasteiger partial charge in [-0.1, -0.05) is 0 Å². The number of amides is 1. The number of anilines is 1. The Labute approximate surface area is 180 Å². The topological polar surface area (TPSA) is 112 Å². The largest absolute Gasteiger partial charge is 0.495 e. The molecule has 2 N–H and O–H groups in total. The van der Waals surface area contributed by atoms with Crippen LogP contribution in [0.15, 0.2) is 40.9 Å². The lowest BCUT2D eigenvalue weighted by Crippen LogP contribution is -2.34. The van der Waals surface area contributed by atoms with Crippen molar-refractivity contribution in [3.8, 4) is 11.5 Å². The zero-order valence-corrected chi connectivity index (χ0v) is 18.0. The number of ether oxygens (including phenoxy) is 3. The van der Waals surface area contributed by atoms with Crippen LogP contribution in [0.5, 0.6) is 11.5 Å². The fourth-order valence-corrected chi connectivity index (χ4v) is 2.93. The average Bonchev–Trinajstić information content (AvgIpc) is 2.69. The Morgan fingerprint density at radius 1 is 1.17 bits per heavy atom. The van der Waals surface area contributed by atoms with Gasteiger partial charge < -0.3 is 19.5 Å². The first-order valence-corrected chi connectivity index (χ1v) is 9.42. The summed E-state index contributed by atoms with van der Waals surface area (Å²) in [5.74, 6) is 0.448. The molecule has 0 saturated heterocycles. The number of nitrogens with one attached hydrogen (secondary N) is 2. The number of benzene rings is 2. The molecule has 9 nitrogen and oxygen atoms in total. The number of carbonyl (C=O) groups is 1. The zero-order valence-electron chi connectivity index (χ0n) is 15.6. The molecule has 0 unspecified atom stereocenters. The van der Waals surface area contributed by atoms with Crippen molar-refractivity contribution in [2.75, 3.05) is 32.8 Å². The maximum absolute atomic E-state index is 12.4. The van der Waals surface area contributed by atoms with E-state index in [1.165, 1.54) is 25.3 Å². The molecule has 0 aliphatic heterocycles. The number of non-ortho nitro benzene ring substituents is 1. The van der Waals surface area contributed by atoms with Crippen LogP contribution in [0.1, 0.15) is 10.4 Å². The Balaban J connectivity index is 2.06. The van der Waals surface area contributed by atoms with E-state index in [-0.39, 0.29) is 16.5 Å². The molecule has 0 fully saturated rings. The number of thiocarbonyl (C=S) groups is 1. The van der Waals surface area contributed by atoms with E-state index in [0.29, 0.717) is 34.7 Å². The van der Waals surface area contributed by atoms with Gasteiger partial charge in [0.2, 0.25) is 0 Å². The van der Waals surface area contributed by atoms with Crippen molar-refractivity contribution in [3.05, 3.63) is 56.5 Å². The smallest absolute Gasteiger partial charge is 0.271 e. The van der Waals surface area contributed by atoms with E-state index in [0.717, 1.165) is 0 Å². The molecule has 1 amide bonds. The molecule has 0 aliphatic rings. The minimum absolute atomic E-state index is 0.0367. The summed E-state index contributed by atoms with van der Waals surface area (Å²) in [5.41, 5.74) is 0.455. The zero-order chi connectivity index (χ0) is 21.4. The summed E-state index contributed by atoms with van der Waals surface area (Å²) in [5, 5.41) is 16.2. The van der Waals surface area contributed by atoms with Crippen LogP contribution in [-0.2, 0) is 4.74 Å².